The molecule has 1 saturated heterocycles. The van der Waals surface area contributed by atoms with E-state index in [0.29, 0.717) is 0 Å². The Hall–Kier alpha value is -2.21. The number of piperazine rings is 1. The molecule has 2 aliphatic rings. The molecule has 4 rings (SSSR count). The van der Waals surface area contributed by atoms with Gasteiger partial charge in [0.25, 0.3) is 0 Å². The van der Waals surface area contributed by atoms with Gasteiger partial charge in [-0.25, -0.2) is 0 Å². The van der Waals surface area contributed by atoms with Crippen LogP contribution in [0.25, 0.3) is 0 Å². The summed E-state index contributed by atoms with van der Waals surface area (Å²) < 4.78 is 7.29. The monoisotopic (exact) mass is 369 g/mol. The lowest BCUT2D eigenvalue weighted by atomic mass is 9.97. The Balaban J connectivity index is 1.25. The second-order valence-electron chi connectivity index (χ2n) is 7.56. The van der Waals surface area contributed by atoms with Crippen LogP contribution in [0.2, 0.25) is 0 Å². The molecule has 0 unspecified atom stereocenters. The van der Waals surface area contributed by atoms with Crippen molar-refractivity contribution >= 4 is 11.5 Å². The van der Waals surface area contributed by atoms with Crippen LogP contribution in [-0.4, -0.2) is 61.1 Å². The Morgan fingerprint density at radius 1 is 1.04 bits per heavy atom. The third kappa shape index (κ3) is 4.05. The first kappa shape index (κ1) is 18.2. The molecule has 1 fully saturated rings. The number of aromatic nitrogens is 2. The maximum absolute atomic E-state index is 5.25. The van der Waals surface area contributed by atoms with E-state index >= 15 is 0 Å². The van der Waals surface area contributed by atoms with Crippen molar-refractivity contribution < 1.29 is 4.74 Å². The van der Waals surface area contributed by atoms with E-state index in [2.05, 4.69) is 34.3 Å². The highest BCUT2D eigenvalue weighted by molar-refractivity contribution is 5.50. The van der Waals surface area contributed by atoms with E-state index in [-0.39, 0.29) is 0 Å². The molecule has 1 aliphatic heterocycles. The van der Waals surface area contributed by atoms with Crippen LogP contribution in [0.3, 0.4) is 0 Å². The normalized spacial score (nSPS) is 17.6. The summed E-state index contributed by atoms with van der Waals surface area (Å²) in [6.45, 7) is 6.43. The van der Waals surface area contributed by atoms with Crippen LogP contribution < -0.4 is 15.0 Å². The highest BCUT2D eigenvalue weighted by atomic mass is 16.5. The molecule has 0 bridgehead atoms. The van der Waals surface area contributed by atoms with Crippen molar-refractivity contribution in [2.75, 3.05) is 56.6 Å². The average molecular weight is 370 g/mol. The molecular formula is C21H31N5O. The number of hydrogen-bond donors (Lipinski definition) is 1. The molecule has 0 amide bonds. The summed E-state index contributed by atoms with van der Waals surface area (Å²) in [6, 6.07) is 8.39. The maximum Gasteiger partial charge on any atom is 0.127 e. The Kier molecular flexibility index (Phi) is 5.53. The van der Waals surface area contributed by atoms with Crippen LogP contribution in [0.15, 0.2) is 24.3 Å². The van der Waals surface area contributed by atoms with Gasteiger partial charge in [-0.2, -0.15) is 5.10 Å². The van der Waals surface area contributed by atoms with E-state index in [1.54, 1.807) is 7.11 Å². The number of aryl methyl sites for hydroxylation is 2. The highest BCUT2D eigenvalue weighted by Gasteiger charge is 2.20. The fourth-order valence-electron chi connectivity index (χ4n) is 4.26. The summed E-state index contributed by atoms with van der Waals surface area (Å²) in [4.78, 5) is 5.01. The second-order valence-corrected chi connectivity index (χ2v) is 7.56. The predicted octanol–water partition coefficient (Wildman–Crippen LogP) is 2.54. The summed E-state index contributed by atoms with van der Waals surface area (Å²) in [5.74, 6) is 2.15. The number of anilines is 2. The quantitative estimate of drug-likeness (QED) is 0.848. The molecule has 2 heterocycles. The van der Waals surface area contributed by atoms with Gasteiger partial charge in [0.2, 0.25) is 0 Å². The van der Waals surface area contributed by atoms with Gasteiger partial charge in [-0.15, -0.1) is 0 Å². The van der Waals surface area contributed by atoms with Crippen molar-refractivity contribution in [3.05, 3.63) is 35.5 Å². The van der Waals surface area contributed by atoms with Crippen LogP contribution in [0, 0.1) is 0 Å². The summed E-state index contributed by atoms with van der Waals surface area (Å²) >= 11 is 0. The number of ether oxygens (including phenoxy) is 1. The van der Waals surface area contributed by atoms with E-state index in [4.69, 9.17) is 9.84 Å². The van der Waals surface area contributed by atoms with Crippen LogP contribution in [0.1, 0.15) is 24.1 Å². The standard InChI is InChI=1S/C21H31N5O/c1-24-21(19-5-3-4-6-20(19)23-24)22-11-12-25-13-15-26(16-14-25)17-7-9-18(27-2)10-8-17/h7-10,22H,3-6,11-16H2,1-2H3. The van der Waals surface area contributed by atoms with Gasteiger partial charge in [0.05, 0.1) is 12.8 Å². The summed E-state index contributed by atoms with van der Waals surface area (Å²) in [5, 5.41) is 8.35. The zero-order valence-corrected chi connectivity index (χ0v) is 16.6. The summed E-state index contributed by atoms with van der Waals surface area (Å²) in [7, 11) is 3.78. The molecule has 0 saturated carbocycles. The molecular weight excluding hydrogens is 338 g/mol. The number of rotatable bonds is 6. The lowest BCUT2D eigenvalue weighted by Gasteiger charge is -2.36. The Bertz CT molecular complexity index is 747. The van der Waals surface area contributed by atoms with Gasteiger partial charge in [0.1, 0.15) is 11.6 Å². The van der Waals surface area contributed by atoms with E-state index in [1.807, 2.05) is 16.8 Å². The molecule has 27 heavy (non-hydrogen) atoms. The SMILES string of the molecule is COc1ccc(N2CCN(CCNc3c4c(nn3C)CCCC4)CC2)cc1. The largest absolute Gasteiger partial charge is 0.497 e. The lowest BCUT2D eigenvalue weighted by Crippen LogP contribution is -2.47. The zero-order chi connectivity index (χ0) is 18.6. The van der Waals surface area contributed by atoms with Crippen molar-refractivity contribution in [2.24, 2.45) is 7.05 Å². The lowest BCUT2D eigenvalue weighted by molar-refractivity contribution is 0.267. The smallest absolute Gasteiger partial charge is 0.127 e. The van der Waals surface area contributed by atoms with E-state index < -0.39 is 0 Å². The van der Waals surface area contributed by atoms with Crippen molar-refractivity contribution in [3.63, 3.8) is 0 Å². The van der Waals surface area contributed by atoms with Gasteiger partial charge in [-0.1, -0.05) is 0 Å². The molecule has 6 heteroatoms. The van der Waals surface area contributed by atoms with Crippen LogP contribution in [-0.2, 0) is 19.9 Å². The second kappa shape index (κ2) is 8.21. The summed E-state index contributed by atoms with van der Waals surface area (Å²) in [5.41, 5.74) is 4.04. The maximum atomic E-state index is 5.25. The predicted molar refractivity (Wildman–Crippen MR) is 110 cm³/mol. The van der Waals surface area contributed by atoms with Gasteiger partial charge in [-0.05, 0) is 49.9 Å². The molecule has 0 atom stereocenters. The molecule has 146 valence electrons. The number of hydrogen-bond acceptors (Lipinski definition) is 5. The molecule has 6 nitrogen and oxygen atoms in total. The summed E-state index contributed by atoms with van der Waals surface area (Å²) in [6.07, 6.45) is 4.88. The van der Waals surface area contributed by atoms with E-state index in [1.165, 1.54) is 42.0 Å². The van der Waals surface area contributed by atoms with Gasteiger partial charge in [0.15, 0.2) is 0 Å². The van der Waals surface area contributed by atoms with Gasteiger partial charge < -0.3 is 15.0 Å². The van der Waals surface area contributed by atoms with Gasteiger partial charge in [-0.3, -0.25) is 9.58 Å². The Labute approximate surface area is 162 Å². The molecule has 0 spiro atoms. The fourth-order valence-corrected chi connectivity index (χ4v) is 4.26. The van der Waals surface area contributed by atoms with Crippen molar-refractivity contribution in [2.45, 2.75) is 25.7 Å². The first-order chi connectivity index (χ1) is 13.2. The van der Waals surface area contributed by atoms with E-state index in [9.17, 15) is 0 Å². The van der Waals surface area contributed by atoms with Crippen LogP contribution in [0.5, 0.6) is 5.75 Å². The number of methoxy groups -OCH3 is 1. The number of nitrogens with one attached hydrogen (secondary N) is 1. The number of nitrogens with zero attached hydrogens (tertiary/aromatic N) is 4. The van der Waals surface area contributed by atoms with E-state index in [0.717, 1.165) is 51.4 Å². The molecule has 1 N–H and O–H groups in total. The highest BCUT2D eigenvalue weighted by Crippen LogP contribution is 2.27. The number of fused-ring (bicyclic) bond motifs is 1. The fraction of sp³-hybridized carbons (Fsp3) is 0.571. The van der Waals surface area contributed by atoms with Crippen molar-refractivity contribution in [1.82, 2.24) is 14.7 Å². The first-order valence-electron chi connectivity index (χ1n) is 10.1. The molecule has 1 aromatic heterocycles. The van der Waals surface area contributed by atoms with Crippen molar-refractivity contribution in [3.8, 4) is 5.75 Å². The third-order valence-electron chi connectivity index (χ3n) is 5.85. The minimum absolute atomic E-state index is 0.917. The zero-order valence-electron chi connectivity index (χ0n) is 16.6. The van der Waals surface area contributed by atoms with Crippen LogP contribution >= 0.6 is 0 Å². The topological polar surface area (TPSA) is 45.6 Å². The molecule has 0 radical (unpaired) electrons. The third-order valence-corrected chi connectivity index (χ3v) is 5.85. The molecule has 1 aliphatic carbocycles. The van der Waals surface area contributed by atoms with Crippen molar-refractivity contribution in [1.29, 1.82) is 0 Å². The Morgan fingerprint density at radius 3 is 2.52 bits per heavy atom. The minimum atomic E-state index is 0.917. The van der Waals surface area contributed by atoms with Gasteiger partial charge >= 0.3 is 0 Å². The average Bonchev–Trinajstić information content (AvgIpc) is 3.04. The van der Waals surface area contributed by atoms with Crippen LogP contribution in [0.4, 0.5) is 11.5 Å². The van der Waals surface area contributed by atoms with Gasteiger partial charge in [0, 0.05) is 57.6 Å². The molecule has 2 aromatic rings. The molecule has 1 aromatic carbocycles. The number of benzene rings is 1. The minimum Gasteiger partial charge on any atom is -0.497 e. The Morgan fingerprint density at radius 2 is 1.78 bits per heavy atom. The first-order valence-corrected chi connectivity index (χ1v) is 10.1.